The normalized spacial score (nSPS) is 16.9. The summed E-state index contributed by atoms with van der Waals surface area (Å²) in [7, 11) is -0.496. The lowest BCUT2D eigenvalue weighted by Crippen LogP contribution is -2.52. The Morgan fingerprint density at radius 2 is 1.62 bits per heavy atom. The maximum atomic E-state index is 13.4. The SMILES string of the molecule is Cc1ccc(S(=O)(=O)N2CCC[C@H]2C(=O)N[C@@H](Cc2ccc(CC(=O)N(C)C)cc2)C(=O)OC(C)(C)C)cc1. The summed E-state index contributed by atoms with van der Waals surface area (Å²) in [5.74, 6) is -1.16. The number of likely N-dealkylation sites (N-methyl/N-ethyl adjacent to an activating group) is 1. The van der Waals surface area contributed by atoms with Crippen molar-refractivity contribution in [2.45, 2.75) is 76.0 Å². The Morgan fingerprint density at radius 3 is 2.18 bits per heavy atom. The predicted molar refractivity (Wildman–Crippen MR) is 148 cm³/mol. The molecule has 0 saturated carbocycles. The number of benzene rings is 2. The van der Waals surface area contributed by atoms with Crippen LogP contribution in [0.15, 0.2) is 53.4 Å². The minimum Gasteiger partial charge on any atom is -0.458 e. The molecule has 2 atom stereocenters. The first-order valence-corrected chi connectivity index (χ1v) is 14.5. The van der Waals surface area contributed by atoms with Crippen LogP contribution in [0.5, 0.6) is 0 Å². The molecule has 2 aromatic carbocycles. The van der Waals surface area contributed by atoms with Gasteiger partial charge >= 0.3 is 5.97 Å². The topological polar surface area (TPSA) is 113 Å². The van der Waals surface area contributed by atoms with Crippen LogP contribution in [-0.2, 0) is 42.0 Å². The summed E-state index contributed by atoms with van der Waals surface area (Å²) in [4.78, 5) is 40.2. The Morgan fingerprint density at radius 1 is 1.03 bits per heavy atom. The van der Waals surface area contributed by atoms with Gasteiger partial charge in [-0.15, -0.1) is 0 Å². The number of hydrogen-bond donors (Lipinski definition) is 1. The first-order valence-electron chi connectivity index (χ1n) is 13.1. The summed E-state index contributed by atoms with van der Waals surface area (Å²) in [6, 6.07) is 11.8. The third-order valence-electron chi connectivity index (χ3n) is 6.46. The van der Waals surface area contributed by atoms with Crippen LogP contribution in [0.1, 0.15) is 50.3 Å². The van der Waals surface area contributed by atoms with E-state index < -0.39 is 39.6 Å². The first kappa shape index (κ1) is 30.3. The molecule has 1 aliphatic rings. The average molecular weight is 558 g/mol. The van der Waals surface area contributed by atoms with E-state index in [0.717, 1.165) is 16.7 Å². The monoisotopic (exact) mass is 557 g/mol. The molecule has 3 rings (SSSR count). The number of nitrogens with one attached hydrogen (secondary N) is 1. The van der Waals surface area contributed by atoms with Crippen molar-refractivity contribution in [2.24, 2.45) is 0 Å². The van der Waals surface area contributed by atoms with Crippen molar-refractivity contribution in [3.8, 4) is 0 Å². The van der Waals surface area contributed by atoms with E-state index in [9.17, 15) is 22.8 Å². The van der Waals surface area contributed by atoms with E-state index >= 15 is 0 Å². The maximum absolute atomic E-state index is 13.4. The van der Waals surface area contributed by atoms with Gasteiger partial charge in [0.1, 0.15) is 17.7 Å². The Balaban J connectivity index is 1.79. The summed E-state index contributed by atoms with van der Waals surface area (Å²) in [6.45, 7) is 7.32. The summed E-state index contributed by atoms with van der Waals surface area (Å²) >= 11 is 0. The van der Waals surface area contributed by atoms with Crippen molar-refractivity contribution < 1.29 is 27.5 Å². The van der Waals surface area contributed by atoms with E-state index in [1.165, 1.54) is 21.3 Å². The smallest absolute Gasteiger partial charge is 0.329 e. The number of amides is 2. The molecule has 2 aromatic rings. The number of nitrogens with zero attached hydrogens (tertiary/aromatic N) is 2. The lowest BCUT2D eigenvalue weighted by molar-refractivity contribution is -0.158. The van der Waals surface area contributed by atoms with Gasteiger partial charge in [-0.05, 0) is 63.8 Å². The molecule has 0 bridgehead atoms. The first-order chi connectivity index (χ1) is 18.2. The third-order valence-corrected chi connectivity index (χ3v) is 8.38. The van der Waals surface area contributed by atoms with Crippen molar-refractivity contribution in [3.05, 3.63) is 65.2 Å². The van der Waals surface area contributed by atoms with Gasteiger partial charge in [-0.3, -0.25) is 9.59 Å². The second-order valence-corrected chi connectivity index (χ2v) is 13.1. The van der Waals surface area contributed by atoms with Crippen molar-refractivity contribution in [2.75, 3.05) is 20.6 Å². The fourth-order valence-corrected chi connectivity index (χ4v) is 5.99. The van der Waals surface area contributed by atoms with Crippen LogP contribution < -0.4 is 5.32 Å². The fourth-order valence-electron chi connectivity index (χ4n) is 4.33. The van der Waals surface area contributed by atoms with Gasteiger partial charge in [0.2, 0.25) is 21.8 Å². The number of rotatable bonds is 9. The zero-order chi connectivity index (χ0) is 29.0. The lowest BCUT2D eigenvalue weighted by Gasteiger charge is -2.28. The van der Waals surface area contributed by atoms with Gasteiger partial charge in [0.25, 0.3) is 0 Å². The van der Waals surface area contributed by atoms with Gasteiger partial charge in [-0.2, -0.15) is 4.31 Å². The van der Waals surface area contributed by atoms with Crippen LogP contribution >= 0.6 is 0 Å². The standard InChI is InChI=1S/C29H39N3O6S/c1-20-9-15-23(16-10-20)39(36,37)32-17-7-8-25(32)27(34)30-24(28(35)38-29(2,3)4)18-21-11-13-22(14-12-21)19-26(33)31(5)6/h9-16,24-25H,7-8,17-19H2,1-6H3,(H,30,34)/t24-,25-/m0/s1. The van der Waals surface area contributed by atoms with E-state index in [-0.39, 0.29) is 30.2 Å². The van der Waals surface area contributed by atoms with E-state index in [1.54, 1.807) is 47.0 Å². The molecule has 1 aliphatic heterocycles. The average Bonchev–Trinajstić information content (AvgIpc) is 3.35. The minimum atomic E-state index is -3.89. The van der Waals surface area contributed by atoms with Crippen molar-refractivity contribution in [1.29, 1.82) is 0 Å². The minimum absolute atomic E-state index is 0.0247. The van der Waals surface area contributed by atoms with Crippen LogP contribution in [0.25, 0.3) is 0 Å². The van der Waals surface area contributed by atoms with Gasteiger partial charge in [0, 0.05) is 27.1 Å². The molecule has 0 unspecified atom stereocenters. The Labute approximate surface area is 231 Å². The number of esters is 1. The highest BCUT2D eigenvalue weighted by Gasteiger charge is 2.41. The number of carbonyl (C=O) groups excluding carboxylic acids is 3. The molecular weight excluding hydrogens is 518 g/mol. The molecular formula is C29H39N3O6S. The van der Waals surface area contributed by atoms with Crippen LogP contribution in [0, 0.1) is 6.92 Å². The Kier molecular flexibility index (Phi) is 9.55. The largest absolute Gasteiger partial charge is 0.458 e. The predicted octanol–water partition coefficient (Wildman–Crippen LogP) is 2.85. The molecule has 0 spiro atoms. The summed E-state index contributed by atoms with van der Waals surface area (Å²) in [5, 5.41) is 2.77. The Hall–Kier alpha value is -3.24. The zero-order valence-electron chi connectivity index (χ0n) is 23.6. The number of carbonyl (C=O) groups is 3. The summed E-state index contributed by atoms with van der Waals surface area (Å²) in [5.41, 5.74) is 1.76. The highest BCUT2D eigenvalue weighted by molar-refractivity contribution is 7.89. The zero-order valence-corrected chi connectivity index (χ0v) is 24.4. The molecule has 0 aliphatic carbocycles. The van der Waals surface area contributed by atoms with Crippen molar-refractivity contribution in [1.82, 2.24) is 14.5 Å². The molecule has 0 radical (unpaired) electrons. The number of hydrogen-bond acceptors (Lipinski definition) is 6. The summed E-state index contributed by atoms with van der Waals surface area (Å²) < 4.78 is 33.5. The molecule has 2 amide bonds. The van der Waals surface area contributed by atoms with Crippen LogP contribution in [-0.4, -0.2) is 73.7 Å². The number of sulfonamides is 1. The second kappa shape index (κ2) is 12.3. The lowest BCUT2D eigenvalue weighted by atomic mass is 10.0. The molecule has 1 fully saturated rings. The molecule has 9 nitrogen and oxygen atoms in total. The van der Waals surface area contributed by atoms with Gasteiger partial charge < -0.3 is 15.0 Å². The van der Waals surface area contributed by atoms with E-state index in [1.807, 2.05) is 31.2 Å². The molecule has 10 heteroatoms. The van der Waals surface area contributed by atoms with Crippen LogP contribution in [0.2, 0.25) is 0 Å². The number of aryl methyl sites for hydroxylation is 1. The van der Waals surface area contributed by atoms with Crippen LogP contribution in [0.4, 0.5) is 0 Å². The van der Waals surface area contributed by atoms with Gasteiger partial charge in [0.05, 0.1) is 11.3 Å². The fraction of sp³-hybridized carbons (Fsp3) is 0.483. The molecule has 0 aromatic heterocycles. The highest BCUT2D eigenvalue weighted by atomic mass is 32.2. The van der Waals surface area contributed by atoms with Gasteiger partial charge in [0.15, 0.2) is 0 Å². The van der Waals surface area contributed by atoms with Gasteiger partial charge in [-0.1, -0.05) is 42.0 Å². The summed E-state index contributed by atoms with van der Waals surface area (Å²) in [6.07, 6.45) is 1.30. The van der Waals surface area contributed by atoms with Crippen molar-refractivity contribution in [3.63, 3.8) is 0 Å². The van der Waals surface area contributed by atoms with Crippen molar-refractivity contribution >= 4 is 27.8 Å². The molecule has 212 valence electrons. The highest BCUT2D eigenvalue weighted by Crippen LogP contribution is 2.27. The Bertz CT molecular complexity index is 1280. The van der Waals surface area contributed by atoms with E-state index in [4.69, 9.17) is 4.74 Å². The molecule has 39 heavy (non-hydrogen) atoms. The van der Waals surface area contributed by atoms with E-state index in [2.05, 4.69) is 5.32 Å². The third kappa shape index (κ3) is 8.12. The maximum Gasteiger partial charge on any atom is 0.329 e. The molecule has 1 saturated heterocycles. The van der Waals surface area contributed by atoms with Crippen LogP contribution in [0.3, 0.4) is 0 Å². The van der Waals surface area contributed by atoms with Gasteiger partial charge in [-0.25, -0.2) is 13.2 Å². The second-order valence-electron chi connectivity index (χ2n) is 11.2. The molecule has 1 heterocycles. The quantitative estimate of drug-likeness (QED) is 0.475. The number of ether oxygens (including phenoxy) is 1. The van der Waals surface area contributed by atoms with E-state index in [0.29, 0.717) is 12.8 Å². The molecule has 1 N–H and O–H groups in total.